The van der Waals surface area contributed by atoms with E-state index in [1.54, 1.807) is 18.1 Å². The second kappa shape index (κ2) is 4.89. The highest BCUT2D eigenvalue weighted by Crippen LogP contribution is 2.06. The second-order valence-electron chi connectivity index (χ2n) is 3.83. The molecule has 0 radical (unpaired) electrons. The molecule has 0 saturated carbocycles. The first-order valence-corrected chi connectivity index (χ1v) is 4.95. The third-order valence-electron chi connectivity index (χ3n) is 2.12. The Bertz CT molecular complexity index is 349. The first-order chi connectivity index (χ1) is 7.02. The van der Waals surface area contributed by atoms with Crippen LogP contribution in [0.5, 0.6) is 0 Å². The summed E-state index contributed by atoms with van der Waals surface area (Å²) in [5.41, 5.74) is 7.02. The number of nitrogens with zero attached hydrogens (tertiary/aromatic N) is 2. The zero-order valence-corrected chi connectivity index (χ0v) is 9.40. The molecule has 0 saturated heterocycles. The van der Waals surface area contributed by atoms with Crippen LogP contribution in [0.25, 0.3) is 0 Å². The number of hydrogen-bond donors (Lipinski definition) is 1. The average Bonchev–Trinajstić information content (AvgIpc) is 2.16. The molecule has 0 aromatic carbocycles. The molecule has 2 N–H and O–H groups in total. The molecule has 1 aromatic heterocycles. The molecule has 15 heavy (non-hydrogen) atoms. The molecule has 0 aliphatic rings. The molecule has 82 valence electrons. The van der Waals surface area contributed by atoms with Crippen molar-refractivity contribution in [2.75, 3.05) is 13.6 Å². The van der Waals surface area contributed by atoms with Gasteiger partial charge in [-0.25, -0.2) is 0 Å². The summed E-state index contributed by atoms with van der Waals surface area (Å²) in [5, 5.41) is 0. The molecule has 0 spiro atoms. The quantitative estimate of drug-likeness (QED) is 0.798. The molecule has 4 nitrogen and oxygen atoms in total. The van der Waals surface area contributed by atoms with E-state index in [4.69, 9.17) is 5.73 Å². The summed E-state index contributed by atoms with van der Waals surface area (Å²) in [6.45, 7) is 4.28. The molecule has 1 heterocycles. The van der Waals surface area contributed by atoms with Crippen molar-refractivity contribution in [2.45, 2.75) is 19.9 Å². The van der Waals surface area contributed by atoms with Crippen molar-refractivity contribution in [3.8, 4) is 0 Å². The lowest BCUT2D eigenvalue weighted by atomic mass is 10.2. The summed E-state index contributed by atoms with van der Waals surface area (Å²) in [7, 11) is 1.74. The molecule has 0 aliphatic carbocycles. The van der Waals surface area contributed by atoms with Crippen LogP contribution in [0.4, 0.5) is 0 Å². The van der Waals surface area contributed by atoms with Crippen molar-refractivity contribution in [3.05, 3.63) is 29.6 Å². The van der Waals surface area contributed by atoms with Crippen molar-refractivity contribution in [1.82, 2.24) is 9.88 Å². The number of pyridine rings is 1. The Balaban J connectivity index is 2.81. The topological polar surface area (TPSA) is 59.2 Å². The van der Waals surface area contributed by atoms with Gasteiger partial charge in [0, 0.05) is 25.8 Å². The number of nitrogens with two attached hydrogens (primary N) is 1. The minimum Gasteiger partial charge on any atom is -0.339 e. The molecule has 0 aliphatic heterocycles. The fourth-order valence-electron chi connectivity index (χ4n) is 1.41. The monoisotopic (exact) mass is 207 g/mol. The molecule has 1 unspecified atom stereocenters. The zero-order chi connectivity index (χ0) is 11.4. The maximum absolute atomic E-state index is 11.9. The predicted octanol–water partition coefficient (Wildman–Crippen LogP) is 0.809. The smallest absolute Gasteiger partial charge is 0.272 e. The zero-order valence-electron chi connectivity index (χ0n) is 9.40. The Kier molecular flexibility index (Phi) is 3.80. The van der Waals surface area contributed by atoms with Crippen LogP contribution in [0.3, 0.4) is 0 Å². The van der Waals surface area contributed by atoms with Crippen LogP contribution < -0.4 is 5.73 Å². The van der Waals surface area contributed by atoms with E-state index in [0.717, 1.165) is 5.56 Å². The van der Waals surface area contributed by atoms with Gasteiger partial charge in [0.25, 0.3) is 5.91 Å². The Morgan fingerprint density at radius 1 is 1.67 bits per heavy atom. The molecular weight excluding hydrogens is 190 g/mol. The van der Waals surface area contributed by atoms with E-state index in [2.05, 4.69) is 4.98 Å². The molecule has 4 heteroatoms. The van der Waals surface area contributed by atoms with Crippen molar-refractivity contribution >= 4 is 5.91 Å². The average molecular weight is 207 g/mol. The van der Waals surface area contributed by atoms with Crippen molar-refractivity contribution < 1.29 is 4.79 Å². The fraction of sp³-hybridized carbons (Fsp3) is 0.455. The van der Waals surface area contributed by atoms with Crippen LogP contribution in [0.2, 0.25) is 0 Å². The Labute approximate surface area is 90.1 Å². The minimum absolute atomic E-state index is 0.0250. The number of aromatic nitrogens is 1. The van der Waals surface area contributed by atoms with Crippen LogP contribution >= 0.6 is 0 Å². The first-order valence-electron chi connectivity index (χ1n) is 4.95. The lowest BCUT2D eigenvalue weighted by Crippen LogP contribution is -2.37. The summed E-state index contributed by atoms with van der Waals surface area (Å²) in [4.78, 5) is 17.6. The first kappa shape index (κ1) is 11.7. The number of likely N-dealkylation sites (N-methyl/N-ethyl adjacent to an activating group) is 1. The summed E-state index contributed by atoms with van der Waals surface area (Å²) in [6.07, 6.45) is 1.62. The van der Waals surface area contributed by atoms with Crippen LogP contribution in [0.1, 0.15) is 23.0 Å². The van der Waals surface area contributed by atoms with E-state index < -0.39 is 0 Å². The number of carbonyl (C=O) groups excluding carboxylic acids is 1. The van der Waals surface area contributed by atoms with Gasteiger partial charge in [-0.1, -0.05) is 6.07 Å². The molecule has 1 aromatic rings. The highest BCUT2D eigenvalue weighted by Gasteiger charge is 2.15. The molecule has 1 rings (SSSR count). The Hall–Kier alpha value is -1.42. The van der Waals surface area contributed by atoms with Gasteiger partial charge in [0.15, 0.2) is 0 Å². The Morgan fingerprint density at radius 2 is 2.33 bits per heavy atom. The number of aryl methyl sites for hydroxylation is 1. The number of carbonyl (C=O) groups is 1. The summed E-state index contributed by atoms with van der Waals surface area (Å²) < 4.78 is 0. The normalized spacial score (nSPS) is 12.3. The van der Waals surface area contributed by atoms with Crippen LogP contribution in [0.15, 0.2) is 18.3 Å². The van der Waals surface area contributed by atoms with Gasteiger partial charge < -0.3 is 10.6 Å². The number of rotatable bonds is 3. The third kappa shape index (κ3) is 3.02. The fourth-order valence-corrected chi connectivity index (χ4v) is 1.41. The van der Waals surface area contributed by atoms with E-state index in [0.29, 0.717) is 12.2 Å². The van der Waals surface area contributed by atoms with Gasteiger partial charge in [0.1, 0.15) is 5.69 Å². The van der Waals surface area contributed by atoms with Gasteiger partial charge in [-0.15, -0.1) is 0 Å². The number of amides is 1. The van der Waals surface area contributed by atoms with Crippen molar-refractivity contribution in [3.63, 3.8) is 0 Å². The SMILES string of the molecule is Cc1cccnc1C(=O)N(C)CC(C)N. The lowest BCUT2D eigenvalue weighted by Gasteiger charge is -2.19. The molecule has 1 atom stereocenters. The van der Waals surface area contributed by atoms with Crippen molar-refractivity contribution in [1.29, 1.82) is 0 Å². The molecular formula is C11H17N3O. The van der Waals surface area contributed by atoms with Crippen LogP contribution in [0, 0.1) is 6.92 Å². The maximum Gasteiger partial charge on any atom is 0.272 e. The van der Waals surface area contributed by atoms with Gasteiger partial charge >= 0.3 is 0 Å². The van der Waals surface area contributed by atoms with Gasteiger partial charge in [0.05, 0.1) is 0 Å². The highest BCUT2D eigenvalue weighted by molar-refractivity contribution is 5.93. The maximum atomic E-state index is 11.9. The second-order valence-corrected chi connectivity index (χ2v) is 3.83. The standard InChI is InChI=1S/C11H17N3O/c1-8-5-4-6-13-10(8)11(15)14(3)7-9(2)12/h4-6,9H,7,12H2,1-3H3. The van der Waals surface area contributed by atoms with Gasteiger partial charge in [-0.05, 0) is 25.5 Å². The van der Waals surface area contributed by atoms with Crippen LogP contribution in [-0.2, 0) is 0 Å². The summed E-state index contributed by atoms with van der Waals surface area (Å²) in [5.74, 6) is -0.0783. The van der Waals surface area contributed by atoms with Crippen molar-refractivity contribution in [2.24, 2.45) is 5.73 Å². The minimum atomic E-state index is -0.0783. The van der Waals surface area contributed by atoms with E-state index in [-0.39, 0.29) is 11.9 Å². The highest BCUT2D eigenvalue weighted by atomic mass is 16.2. The van der Waals surface area contributed by atoms with E-state index in [1.165, 1.54) is 0 Å². The predicted molar refractivity (Wildman–Crippen MR) is 59.6 cm³/mol. The van der Waals surface area contributed by atoms with E-state index >= 15 is 0 Å². The Morgan fingerprint density at radius 3 is 2.87 bits per heavy atom. The van der Waals surface area contributed by atoms with Crippen LogP contribution in [-0.4, -0.2) is 35.4 Å². The van der Waals surface area contributed by atoms with E-state index in [9.17, 15) is 4.79 Å². The summed E-state index contributed by atoms with van der Waals surface area (Å²) in [6, 6.07) is 3.67. The third-order valence-corrected chi connectivity index (χ3v) is 2.12. The summed E-state index contributed by atoms with van der Waals surface area (Å²) >= 11 is 0. The molecule has 1 amide bonds. The number of hydrogen-bond acceptors (Lipinski definition) is 3. The lowest BCUT2D eigenvalue weighted by molar-refractivity contribution is 0.0782. The van der Waals surface area contributed by atoms with Gasteiger partial charge in [0.2, 0.25) is 0 Å². The van der Waals surface area contributed by atoms with Gasteiger partial charge in [-0.3, -0.25) is 9.78 Å². The van der Waals surface area contributed by atoms with E-state index in [1.807, 2.05) is 26.0 Å². The molecule has 0 fully saturated rings. The largest absolute Gasteiger partial charge is 0.339 e. The molecule has 0 bridgehead atoms. The van der Waals surface area contributed by atoms with Gasteiger partial charge in [-0.2, -0.15) is 0 Å².